The third kappa shape index (κ3) is 2.54. The Kier molecular flexibility index (Phi) is 4.07. The van der Waals surface area contributed by atoms with Gasteiger partial charge in [-0.05, 0) is 32.7 Å². The van der Waals surface area contributed by atoms with Crippen LogP contribution in [-0.4, -0.2) is 29.3 Å². The molecule has 0 spiro atoms. The fourth-order valence-electron chi connectivity index (χ4n) is 1.79. The molecule has 1 rings (SSSR count). The van der Waals surface area contributed by atoms with Crippen molar-refractivity contribution >= 4 is 11.8 Å². The van der Waals surface area contributed by atoms with Gasteiger partial charge >= 0.3 is 0 Å². The highest BCUT2D eigenvalue weighted by molar-refractivity contribution is 5.96. The summed E-state index contributed by atoms with van der Waals surface area (Å²) in [5.41, 5.74) is 5.42. The van der Waals surface area contributed by atoms with Crippen LogP contribution in [0.15, 0.2) is 0 Å². The van der Waals surface area contributed by atoms with Gasteiger partial charge < -0.3 is 5.73 Å². The van der Waals surface area contributed by atoms with Crippen molar-refractivity contribution in [1.82, 2.24) is 4.90 Å². The fourth-order valence-corrected chi connectivity index (χ4v) is 1.79. The summed E-state index contributed by atoms with van der Waals surface area (Å²) < 4.78 is 0. The zero-order valence-electron chi connectivity index (χ0n) is 8.66. The molecule has 0 aromatic carbocycles. The lowest BCUT2D eigenvalue weighted by Gasteiger charge is -2.25. The van der Waals surface area contributed by atoms with Crippen molar-refractivity contribution in [2.75, 3.05) is 6.54 Å². The van der Waals surface area contributed by atoms with Gasteiger partial charge in [-0.25, -0.2) is 0 Å². The standard InChI is InChI=1S/C10H18N2O2/c1-8(6-7-11)12-9(13)4-2-3-5-10(12)14/h8H,2-7,11H2,1H3. The van der Waals surface area contributed by atoms with Crippen molar-refractivity contribution in [1.29, 1.82) is 0 Å². The topological polar surface area (TPSA) is 63.4 Å². The third-order valence-corrected chi connectivity index (χ3v) is 2.59. The van der Waals surface area contributed by atoms with Crippen LogP contribution in [-0.2, 0) is 9.59 Å². The van der Waals surface area contributed by atoms with E-state index in [0.717, 1.165) is 12.8 Å². The Morgan fingerprint density at radius 1 is 1.29 bits per heavy atom. The first-order valence-electron chi connectivity index (χ1n) is 5.21. The van der Waals surface area contributed by atoms with Crippen LogP contribution in [0.4, 0.5) is 0 Å². The Morgan fingerprint density at radius 3 is 2.21 bits per heavy atom. The van der Waals surface area contributed by atoms with Crippen molar-refractivity contribution in [2.45, 2.75) is 45.1 Å². The molecular formula is C10H18N2O2. The highest BCUT2D eigenvalue weighted by Gasteiger charge is 2.27. The number of hydrogen-bond donors (Lipinski definition) is 1. The van der Waals surface area contributed by atoms with Crippen LogP contribution >= 0.6 is 0 Å². The van der Waals surface area contributed by atoms with E-state index in [0.29, 0.717) is 25.8 Å². The molecule has 1 unspecified atom stereocenters. The van der Waals surface area contributed by atoms with Gasteiger partial charge in [0.25, 0.3) is 0 Å². The normalized spacial score (nSPS) is 20.9. The molecule has 0 radical (unpaired) electrons. The highest BCUT2D eigenvalue weighted by Crippen LogP contribution is 2.16. The molecule has 1 saturated heterocycles. The smallest absolute Gasteiger partial charge is 0.229 e. The number of imide groups is 1. The summed E-state index contributed by atoms with van der Waals surface area (Å²) in [6.07, 6.45) is 3.35. The maximum Gasteiger partial charge on any atom is 0.229 e. The third-order valence-electron chi connectivity index (χ3n) is 2.59. The largest absolute Gasteiger partial charge is 0.330 e. The van der Waals surface area contributed by atoms with Gasteiger partial charge in [0.05, 0.1) is 0 Å². The number of likely N-dealkylation sites (tertiary alicyclic amines) is 1. The average molecular weight is 198 g/mol. The van der Waals surface area contributed by atoms with Crippen molar-refractivity contribution in [3.63, 3.8) is 0 Å². The Morgan fingerprint density at radius 2 is 1.79 bits per heavy atom. The summed E-state index contributed by atoms with van der Waals surface area (Å²) in [6, 6.07) is -0.0434. The van der Waals surface area contributed by atoms with Gasteiger partial charge in [-0.2, -0.15) is 0 Å². The number of carbonyl (C=O) groups excluding carboxylic acids is 2. The second-order valence-corrected chi connectivity index (χ2v) is 3.79. The van der Waals surface area contributed by atoms with Gasteiger partial charge in [-0.3, -0.25) is 14.5 Å². The molecule has 0 aliphatic carbocycles. The first-order valence-corrected chi connectivity index (χ1v) is 5.21. The van der Waals surface area contributed by atoms with E-state index in [1.807, 2.05) is 6.92 Å². The summed E-state index contributed by atoms with van der Waals surface area (Å²) in [5, 5.41) is 0. The lowest BCUT2D eigenvalue weighted by atomic mass is 10.2. The van der Waals surface area contributed by atoms with Crippen molar-refractivity contribution in [2.24, 2.45) is 5.73 Å². The number of nitrogens with zero attached hydrogens (tertiary/aromatic N) is 1. The maximum atomic E-state index is 11.6. The summed E-state index contributed by atoms with van der Waals surface area (Å²) >= 11 is 0. The van der Waals surface area contributed by atoms with Gasteiger partial charge in [0, 0.05) is 18.9 Å². The second kappa shape index (κ2) is 5.10. The number of hydrogen-bond acceptors (Lipinski definition) is 3. The predicted octanol–water partition coefficient (Wildman–Crippen LogP) is 0.653. The monoisotopic (exact) mass is 198 g/mol. The van der Waals surface area contributed by atoms with Gasteiger partial charge in [-0.15, -0.1) is 0 Å². The second-order valence-electron chi connectivity index (χ2n) is 3.79. The lowest BCUT2D eigenvalue weighted by Crippen LogP contribution is -2.42. The summed E-state index contributed by atoms with van der Waals surface area (Å²) in [4.78, 5) is 24.6. The maximum absolute atomic E-state index is 11.6. The van der Waals surface area contributed by atoms with E-state index >= 15 is 0 Å². The zero-order chi connectivity index (χ0) is 10.6. The van der Waals surface area contributed by atoms with Gasteiger partial charge in [0.1, 0.15) is 0 Å². The quantitative estimate of drug-likeness (QED) is 0.677. The van der Waals surface area contributed by atoms with Crippen LogP contribution in [0.1, 0.15) is 39.0 Å². The Hall–Kier alpha value is -0.900. The lowest BCUT2D eigenvalue weighted by molar-refractivity contribution is -0.146. The van der Waals surface area contributed by atoms with Crippen molar-refractivity contribution in [3.05, 3.63) is 0 Å². The molecule has 1 atom stereocenters. The SMILES string of the molecule is CC(CCN)N1C(=O)CCCCC1=O. The molecule has 1 heterocycles. The molecule has 1 aliphatic rings. The van der Waals surface area contributed by atoms with Crippen molar-refractivity contribution in [3.8, 4) is 0 Å². The van der Waals surface area contributed by atoms with E-state index in [-0.39, 0.29) is 17.9 Å². The predicted molar refractivity (Wildman–Crippen MR) is 53.5 cm³/mol. The minimum atomic E-state index is -0.0434. The molecule has 1 fully saturated rings. The van der Waals surface area contributed by atoms with E-state index in [4.69, 9.17) is 5.73 Å². The van der Waals surface area contributed by atoms with Crippen LogP contribution in [0, 0.1) is 0 Å². The fraction of sp³-hybridized carbons (Fsp3) is 0.800. The first-order chi connectivity index (χ1) is 6.66. The molecule has 4 heteroatoms. The molecule has 2 N–H and O–H groups in total. The summed E-state index contributed by atoms with van der Waals surface area (Å²) in [7, 11) is 0. The van der Waals surface area contributed by atoms with Gasteiger partial charge in [0.15, 0.2) is 0 Å². The zero-order valence-corrected chi connectivity index (χ0v) is 8.66. The van der Waals surface area contributed by atoms with Crippen LogP contribution in [0.5, 0.6) is 0 Å². The Balaban J connectivity index is 2.69. The van der Waals surface area contributed by atoms with Gasteiger partial charge in [0.2, 0.25) is 11.8 Å². The van der Waals surface area contributed by atoms with Crippen molar-refractivity contribution < 1.29 is 9.59 Å². The Bertz CT molecular complexity index is 210. The first kappa shape index (κ1) is 11.2. The minimum Gasteiger partial charge on any atom is -0.330 e. The molecule has 2 amide bonds. The van der Waals surface area contributed by atoms with E-state index < -0.39 is 0 Å². The van der Waals surface area contributed by atoms with Crippen LogP contribution in [0.3, 0.4) is 0 Å². The highest BCUT2D eigenvalue weighted by atomic mass is 16.2. The summed E-state index contributed by atoms with van der Waals surface area (Å²) in [6.45, 7) is 2.40. The van der Waals surface area contributed by atoms with E-state index in [9.17, 15) is 9.59 Å². The summed E-state index contributed by atoms with van der Waals surface area (Å²) in [5.74, 6) is -0.0677. The van der Waals surface area contributed by atoms with Crippen LogP contribution in [0.2, 0.25) is 0 Å². The molecule has 0 saturated carbocycles. The number of nitrogens with two attached hydrogens (primary N) is 1. The van der Waals surface area contributed by atoms with Crippen LogP contribution in [0.25, 0.3) is 0 Å². The van der Waals surface area contributed by atoms with E-state index in [1.165, 1.54) is 4.90 Å². The number of amides is 2. The molecule has 14 heavy (non-hydrogen) atoms. The minimum absolute atomic E-state index is 0.0338. The molecule has 4 nitrogen and oxygen atoms in total. The molecule has 0 bridgehead atoms. The van der Waals surface area contributed by atoms with E-state index in [1.54, 1.807) is 0 Å². The van der Waals surface area contributed by atoms with Crippen LogP contribution < -0.4 is 5.73 Å². The van der Waals surface area contributed by atoms with Gasteiger partial charge in [-0.1, -0.05) is 0 Å². The number of rotatable bonds is 3. The molecule has 80 valence electrons. The molecule has 1 aliphatic heterocycles. The molecular weight excluding hydrogens is 180 g/mol. The van der Waals surface area contributed by atoms with E-state index in [2.05, 4.69) is 0 Å². The molecule has 0 aromatic heterocycles. The Labute approximate surface area is 84.4 Å². The molecule has 0 aromatic rings. The average Bonchev–Trinajstić information content (AvgIpc) is 2.28. The number of carbonyl (C=O) groups is 2.